The number of hydrogen-bond donors (Lipinski definition) is 2. The molecule has 0 saturated heterocycles. The molecule has 0 aliphatic heterocycles. The summed E-state index contributed by atoms with van der Waals surface area (Å²) in [6, 6.07) is 17.9. The average Bonchev–Trinajstić information content (AvgIpc) is 2.73. The number of carboxylic acids is 1. The molecule has 0 saturated carbocycles. The molecule has 0 fully saturated rings. The highest BCUT2D eigenvalue weighted by atomic mass is 35.5. The van der Waals surface area contributed by atoms with E-state index in [-0.39, 0.29) is 16.4 Å². The van der Waals surface area contributed by atoms with Crippen molar-refractivity contribution in [1.82, 2.24) is 10.3 Å². The summed E-state index contributed by atoms with van der Waals surface area (Å²) >= 11 is 5.70. The van der Waals surface area contributed by atoms with Crippen LogP contribution < -0.4 is 10.1 Å². The van der Waals surface area contributed by atoms with Crippen LogP contribution in [0.1, 0.15) is 27.0 Å². The van der Waals surface area contributed by atoms with Crippen LogP contribution in [0.2, 0.25) is 5.15 Å². The number of aliphatic carboxylic acids is 1. The normalized spacial score (nSPS) is 11.1. The highest BCUT2D eigenvalue weighted by Crippen LogP contribution is 2.17. The molecule has 0 bridgehead atoms. The molecule has 0 atom stereocenters. The molecule has 0 spiro atoms. The zero-order valence-electron chi connectivity index (χ0n) is 16.1. The van der Waals surface area contributed by atoms with Gasteiger partial charge in [-0.3, -0.25) is 4.79 Å². The SMILES string of the molecule is Cc1cccc(COc2ccc(C=C(NC(=O)c3ccc(Cl)nc3)C(=O)O)cc2)c1. The van der Waals surface area contributed by atoms with E-state index in [2.05, 4.69) is 16.4 Å². The third-order valence-corrected chi connectivity index (χ3v) is 4.37. The van der Waals surface area contributed by atoms with Crippen LogP contribution in [-0.4, -0.2) is 22.0 Å². The number of hydrogen-bond acceptors (Lipinski definition) is 4. The van der Waals surface area contributed by atoms with Crippen molar-refractivity contribution >= 4 is 29.6 Å². The number of aryl methyl sites for hydroxylation is 1. The van der Waals surface area contributed by atoms with Crippen LogP contribution in [0.4, 0.5) is 0 Å². The van der Waals surface area contributed by atoms with E-state index in [4.69, 9.17) is 16.3 Å². The van der Waals surface area contributed by atoms with Crippen molar-refractivity contribution < 1.29 is 19.4 Å². The Kier molecular flexibility index (Phi) is 6.83. The van der Waals surface area contributed by atoms with Crippen LogP contribution in [0.3, 0.4) is 0 Å². The molecule has 0 radical (unpaired) electrons. The van der Waals surface area contributed by atoms with E-state index < -0.39 is 11.9 Å². The first-order valence-corrected chi connectivity index (χ1v) is 9.45. The second-order valence-electron chi connectivity index (χ2n) is 6.53. The molecule has 2 aromatic carbocycles. The summed E-state index contributed by atoms with van der Waals surface area (Å²) in [5.41, 5.74) is 2.76. The van der Waals surface area contributed by atoms with Gasteiger partial charge in [0.2, 0.25) is 0 Å². The molecule has 0 aliphatic rings. The number of carbonyl (C=O) groups is 2. The molecular formula is C23H19ClN2O4. The number of nitrogens with zero attached hydrogens (tertiary/aromatic N) is 1. The summed E-state index contributed by atoms with van der Waals surface area (Å²) in [6.45, 7) is 2.45. The van der Waals surface area contributed by atoms with Gasteiger partial charge in [0.15, 0.2) is 0 Å². The molecule has 6 nitrogen and oxygen atoms in total. The Bertz CT molecular complexity index is 1080. The molecule has 30 heavy (non-hydrogen) atoms. The van der Waals surface area contributed by atoms with Gasteiger partial charge in [-0.2, -0.15) is 0 Å². The van der Waals surface area contributed by atoms with Gasteiger partial charge < -0.3 is 15.2 Å². The third-order valence-electron chi connectivity index (χ3n) is 4.15. The average molecular weight is 423 g/mol. The van der Waals surface area contributed by atoms with Crippen molar-refractivity contribution in [2.45, 2.75) is 13.5 Å². The second kappa shape index (κ2) is 9.71. The van der Waals surface area contributed by atoms with Gasteiger partial charge in [-0.15, -0.1) is 0 Å². The molecule has 7 heteroatoms. The predicted molar refractivity (Wildman–Crippen MR) is 114 cm³/mol. The number of amides is 1. The molecule has 1 amide bonds. The molecule has 152 valence electrons. The van der Waals surface area contributed by atoms with Gasteiger partial charge in [0.1, 0.15) is 23.2 Å². The van der Waals surface area contributed by atoms with Gasteiger partial charge >= 0.3 is 5.97 Å². The topological polar surface area (TPSA) is 88.5 Å². The first-order valence-electron chi connectivity index (χ1n) is 9.07. The molecule has 2 N–H and O–H groups in total. The number of aromatic nitrogens is 1. The molecule has 1 aromatic heterocycles. The van der Waals surface area contributed by atoms with Crippen molar-refractivity contribution in [2.24, 2.45) is 0 Å². The van der Waals surface area contributed by atoms with E-state index in [1.54, 1.807) is 24.3 Å². The zero-order valence-corrected chi connectivity index (χ0v) is 16.9. The van der Waals surface area contributed by atoms with Crippen LogP contribution in [0, 0.1) is 6.92 Å². The van der Waals surface area contributed by atoms with Gasteiger partial charge in [0.05, 0.1) is 5.56 Å². The predicted octanol–water partition coefficient (Wildman–Crippen LogP) is 4.48. The first-order chi connectivity index (χ1) is 14.4. The maximum Gasteiger partial charge on any atom is 0.352 e. The fourth-order valence-corrected chi connectivity index (χ4v) is 2.76. The molecule has 0 aliphatic carbocycles. The summed E-state index contributed by atoms with van der Waals surface area (Å²) in [5, 5.41) is 12.0. The molecule has 1 heterocycles. The van der Waals surface area contributed by atoms with E-state index in [1.165, 1.54) is 24.4 Å². The van der Waals surface area contributed by atoms with Gasteiger partial charge in [-0.25, -0.2) is 9.78 Å². The van der Waals surface area contributed by atoms with Crippen LogP contribution in [0.25, 0.3) is 6.08 Å². The lowest BCUT2D eigenvalue weighted by molar-refractivity contribution is -0.132. The third kappa shape index (κ3) is 5.93. The molecule has 3 rings (SSSR count). The second-order valence-corrected chi connectivity index (χ2v) is 6.92. The molecule has 0 unspecified atom stereocenters. The number of carboxylic acid groups (broad SMARTS) is 1. The van der Waals surface area contributed by atoms with Crippen LogP contribution in [-0.2, 0) is 11.4 Å². The lowest BCUT2D eigenvalue weighted by Crippen LogP contribution is -2.27. The summed E-state index contributed by atoms with van der Waals surface area (Å²) < 4.78 is 5.76. The Balaban J connectivity index is 1.67. The lowest BCUT2D eigenvalue weighted by Gasteiger charge is -2.08. The quantitative estimate of drug-likeness (QED) is 0.433. The smallest absolute Gasteiger partial charge is 0.352 e. The van der Waals surface area contributed by atoms with Gasteiger partial charge in [-0.05, 0) is 48.4 Å². The number of rotatable bonds is 7. The number of benzene rings is 2. The van der Waals surface area contributed by atoms with Crippen molar-refractivity contribution in [1.29, 1.82) is 0 Å². The van der Waals surface area contributed by atoms with Crippen LogP contribution in [0.5, 0.6) is 5.75 Å². The minimum atomic E-state index is -1.26. The standard InChI is InChI=1S/C23H19ClN2O4/c1-15-3-2-4-17(11-15)14-30-19-8-5-16(6-9-19)12-20(23(28)29)26-22(27)18-7-10-21(24)25-13-18/h2-13H,14H2,1H3,(H,26,27)(H,28,29). The van der Waals surface area contributed by atoms with Crippen LogP contribution in [0.15, 0.2) is 72.6 Å². The van der Waals surface area contributed by atoms with E-state index >= 15 is 0 Å². The first kappa shape index (κ1) is 21.1. The van der Waals surface area contributed by atoms with E-state index in [0.29, 0.717) is 17.9 Å². The Morgan fingerprint density at radius 1 is 1.13 bits per heavy atom. The Morgan fingerprint density at radius 2 is 1.90 bits per heavy atom. The van der Waals surface area contributed by atoms with E-state index in [9.17, 15) is 14.7 Å². The van der Waals surface area contributed by atoms with Crippen molar-refractivity contribution in [3.8, 4) is 5.75 Å². The minimum absolute atomic E-state index is 0.200. The van der Waals surface area contributed by atoms with Crippen molar-refractivity contribution in [3.05, 3.63) is 100.0 Å². The fourth-order valence-electron chi connectivity index (χ4n) is 2.65. The Morgan fingerprint density at radius 3 is 2.53 bits per heavy atom. The van der Waals surface area contributed by atoms with E-state index in [0.717, 1.165) is 11.1 Å². The van der Waals surface area contributed by atoms with E-state index in [1.807, 2.05) is 25.1 Å². The number of pyridine rings is 1. The summed E-state index contributed by atoms with van der Waals surface area (Å²) in [6.07, 6.45) is 2.64. The summed E-state index contributed by atoms with van der Waals surface area (Å²) in [5.74, 6) is -1.20. The lowest BCUT2D eigenvalue weighted by atomic mass is 10.1. The fraction of sp³-hybridized carbons (Fsp3) is 0.0870. The maximum absolute atomic E-state index is 12.2. The van der Waals surface area contributed by atoms with Crippen LogP contribution >= 0.6 is 11.6 Å². The number of halogens is 1. The zero-order chi connectivity index (χ0) is 21.5. The van der Waals surface area contributed by atoms with Crippen molar-refractivity contribution in [3.63, 3.8) is 0 Å². The van der Waals surface area contributed by atoms with Gasteiger partial charge in [0.25, 0.3) is 5.91 Å². The number of nitrogens with one attached hydrogen (secondary N) is 1. The highest BCUT2D eigenvalue weighted by molar-refractivity contribution is 6.29. The Hall–Kier alpha value is -3.64. The largest absolute Gasteiger partial charge is 0.489 e. The van der Waals surface area contributed by atoms with Crippen molar-refractivity contribution in [2.75, 3.05) is 0 Å². The molecular weight excluding hydrogens is 404 g/mol. The monoisotopic (exact) mass is 422 g/mol. The van der Waals surface area contributed by atoms with Gasteiger partial charge in [-0.1, -0.05) is 53.6 Å². The summed E-state index contributed by atoms with van der Waals surface area (Å²) in [7, 11) is 0. The molecule has 3 aromatic rings. The minimum Gasteiger partial charge on any atom is -0.489 e. The highest BCUT2D eigenvalue weighted by Gasteiger charge is 2.14. The number of carbonyl (C=O) groups excluding carboxylic acids is 1. The Labute approximate surface area is 178 Å². The number of ether oxygens (including phenoxy) is 1. The summed E-state index contributed by atoms with van der Waals surface area (Å²) in [4.78, 5) is 27.6. The van der Waals surface area contributed by atoms with Gasteiger partial charge in [0, 0.05) is 6.20 Å². The maximum atomic E-state index is 12.2.